The molecule has 4 atom stereocenters. The second-order valence-electron chi connectivity index (χ2n) is 9.86. The highest BCUT2D eigenvalue weighted by Gasteiger charge is 2.63. The number of nitrogens with zero attached hydrogens (tertiary/aromatic N) is 5. The number of hydrogen-bond donors (Lipinski definition) is 1. The summed E-state index contributed by atoms with van der Waals surface area (Å²) in [6.45, 7) is 2.62. The molecule has 182 valence electrons. The molecular formula is C24H31N5O5. The molecule has 0 bridgehead atoms. The van der Waals surface area contributed by atoms with Gasteiger partial charge in [-0.05, 0) is 56.6 Å². The van der Waals surface area contributed by atoms with E-state index < -0.39 is 5.97 Å². The number of aliphatic carboxylic acids is 1. The number of aromatic nitrogens is 4. The van der Waals surface area contributed by atoms with Crippen LogP contribution in [0.1, 0.15) is 43.5 Å². The van der Waals surface area contributed by atoms with Crippen LogP contribution in [0.5, 0.6) is 5.75 Å². The lowest BCUT2D eigenvalue weighted by Crippen LogP contribution is -2.34. The summed E-state index contributed by atoms with van der Waals surface area (Å²) >= 11 is 0. The first kappa shape index (κ1) is 22.6. The van der Waals surface area contributed by atoms with Crippen LogP contribution >= 0.6 is 0 Å². The molecule has 10 heteroatoms. The van der Waals surface area contributed by atoms with Gasteiger partial charge in [0, 0.05) is 26.6 Å². The Morgan fingerprint density at radius 1 is 1.24 bits per heavy atom. The van der Waals surface area contributed by atoms with Crippen LogP contribution in [0, 0.1) is 30.6 Å². The highest BCUT2D eigenvalue weighted by molar-refractivity contribution is 5.75. The summed E-state index contributed by atoms with van der Waals surface area (Å²) in [7, 11) is 3.52. The molecule has 10 nitrogen and oxygen atoms in total. The predicted molar refractivity (Wildman–Crippen MR) is 121 cm³/mol. The number of rotatable bonds is 8. The van der Waals surface area contributed by atoms with E-state index in [1.807, 2.05) is 19.1 Å². The van der Waals surface area contributed by atoms with E-state index in [0.29, 0.717) is 41.0 Å². The third-order valence-electron chi connectivity index (χ3n) is 7.63. The molecule has 0 aromatic carbocycles. The molecule has 2 heterocycles. The Morgan fingerprint density at radius 3 is 2.68 bits per heavy atom. The second kappa shape index (κ2) is 8.88. The summed E-state index contributed by atoms with van der Waals surface area (Å²) in [5, 5.41) is 17.7. The number of fused-ring (bicyclic) bond motifs is 1. The zero-order chi connectivity index (χ0) is 24.0. The molecule has 34 heavy (non-hydrogen) atoms. The van der Waals surface area contributed by atoms with Gasteiger partial charge in [-0.2, -0.15) is 0 Å². The fraction of sp³-hybridized carbons (Fsp3) is 0.625. The number of amides is 1. The molecule has 3 aliphatic carbocycles. The monoisotopic (exact) mass is 469 g/mol. The van der Waals surface area contributed by atoms with Crippen molar-refractivity contribution in [2.45, 2.75) is 51.7 Å². The van der Waals surface area contributed by atoms with Gasteiger partial charge in [0.2, 0.25) is 0 Å². The Kier molecular flexibility index (Phi) is 5.91. The summed E-state index contributed by atoms with van der Waals surface area (Å²) in [6, 6.07) is 3.66. The zero-order valence-electron chi connectivity index (χ0n) is 19.8. The minimum atomic E-state index is -0.724. The van der Waals surface area contributed by atoms with Gasteiger partial charge in [0.25, 0.3) is 0 Å². The highest BCUT2D eigenvalue weighted by atomic mass is 16.6. The van der Waals surface area contributed by atoms with E-state index in [0.717, 1.165) is 12.8 Å². The molecule has 0 saturated heterocycles. The lowest BCUT2D eigenvalue weighted by atomic mass is 9.85. The summed E-state index contributed by atoms with van der Waals surface area (Å²) < 4.78 is 13.3. The smallest absolute Gasteiger partial charge is 0.409 e. The quantitative estimate of drug-likeness (QED) is 0.626. The van der Waals surface area contributed by atoms with Crippen molar-refractivity contribution in [3.8, 4) is 17.1 Å². The molecule has 2 aromatic rings. The minimum absolute atomic E-state index is 0.0490. The van der Waals surface area contributed by atoms with E-state index in [-0.39, 0.29) is 36.6 Å². The van der Waals surface area contributed by atoms with Crippen LogP contribution in [-0.4, -0.2) is 61.7 Å². The normalized spacial score (nSPS) is 25.4. The average molecular weight is 470 g/mol. The molecule has 5 rings (SSSR count). The van der Waals surface area contributed by atoms with E-state index in [4.69, 9.17) is 9.47 Å². The SMILES string of the molecule is Cc1nc(-c2nnn(C)c2COC(=O)N(C)CC2CCC2)ccc1O[C@H]1CC[C@H]2C(C(=O)O)[C@@H]12. The maximum absolute atomic E-state index is 12.4. The topological polar surface area (TPSA) is 120 Å². The van der Waals surface area contributed by atoms with Gasteiger partial charge in [0.15, 0.2) is 0 Å². The Labute approximate surface area is 198 Å². The van der Waals surface area contributed by atoms with Crippen molar-refractivity contribution >= 4 is 12.1 Å². The zero-order valence-corrected chi connectivity index (χ0v) is 19.8. The van der Waals surface area contributed by atoms with Gasteiger partial charge >= 0.3 is 12.1 Å². The fourth-order valence-electron chi connectivity index (χ4n) is 5.40. The lowest BCUT2D eigenvalue weighted by Gasteiger charge is -2.29. The summed E-state index contributed by atoms with van der Waals surface area (Å²) in [5.74, 6) is 0.569. The van der Waals surface area contributed by atoms with Crippen molar-refractivity contribution in [3.63, 3.8) is 0 Å². The maximum atomic E-state index is 12.4. The van der Waals surface area contributed by atoms with Gasteiger partial charge in [-0.1, -0.05) is 11.6 Å². The molecular weight excluding hydrogens is 438 g/mol. The van der Waals surface area contributed by atoms with E-state index in [9.17, 15) is 14.7 Å². The number of carbonyl (C=O) groups is 2. The van der Waals surface area contributed by atoms with E-state index >= 15 is 0 Å². The second-order valence-corrected chi connectivity index (χ2v) is 9.86. The highest BCUT2D eigenvalue weighted by Crippen LogP contribution is 2.58. The van der Waals surface area contributed by atoms with Crippen molar-refractivity contribution in [1.29, 1.82) is 0 Å². The van der Waals surface area contributed by atoms with Crippen LogP contribution in [0.3, 0.4) is 0 Å². The minimum Gasteiger partial charge on any atom is -0.488 e. The third-order valence-corrected chi connectivity index (χ3v) is 7.63. The molecule has 2 aromatic heterocycles. The van der Waals surface area contributed by atoms with Crippen molar-refractivity contribution in [2.75, 3.05) is 13.6 Å². The molecule has 1 unspecified atom stereocenters. The number of hydrogen-bond acceptors (Lipinski definition) is 7. The number of carbonyl (C=O) groups excluding carboxylic acids is 1. The van der Waals surface area contributed by atoms with Gasteiger partial charge in [-0.25, -0.2) is 14.5 Å². The maximum Gasteiger partial charge on any atom is 0.409 e. The number of carboxylic acid groups (broad SMARTS) is 1. The van der Waals surface area contributed by atoms with Crippen molar-refractivity contribution in [2.24, 2.45) is 30.7 Å². The molecule has 0 radical (unpaired) electrons. The third kappa shape index (κ3) is 4.21. The molecule has 3 saturated carbocycles. The molecule has 3 fully saturated rings. The fourth-order valence-corrected chi connectivity index (χ4v) is 5.40. The Balaban J connectivity index is 1.24. The van der Waals surface area contributed by atoms with Crippen molar-refractivity contribution in [1.82, 2.24) is 24.9 Å². The standard InChI is InChI=1S/C24H31N5O5/c1-13-18(34-19-9-7-15-20(19)21(15)23(30)31)10-8-16(25-13)22-17(29(3)27-26-22)12-33-24(32)28(2)11-14-5-4-6-14/h8,10,14-15,19-21H,4-7,9,11-12H2,1-3H3,(H,30,31)/t15-,19+,20-,21?/m1/s1. The van der Waals surface area contributed by atoms with Gasteiger partial charge in [0.1, 0.15) is 29.8 Å². The van der Waals surface area contributed by atoms with E-state index in [2.05, 4.69) is 15.3 Å². The van der Waals surface area contributed by atoms with Crippen molar-refractivity contribution in [3.05, 3.63) is 23.5 Å². The molecule has 1 N–H and O–H groups in total. The molecule has 1 amide bonds. The predicted octanol–water partition coefficient (Wildman–Crippen LogP) is 3.04. The van der Waals surface area contributed by atoms with Gasteiger partial charge in [-0.15, -0.1) is 5.10 Å². The van der Waals surface area contributed by atoms with Gasteiger partial charge in [0.05, 0.1) is 17.3 Å². The van der Waals surface area contributed by atoms with E-state index in [1.165, 1.54) is 19.3 Å². The molecule has 0 spiro atoms. The van der Waals surface area contributed by atoms with Crippen LogP contribution in [0.15, 0.2) is 12.1 Å². The Morgan fingerprint density at radius 2 is 2.03 bits per heavy atom. The summed E-state index contributed by atoms with van der Waals surface area (Å²) in [4.78, 5) is 30.1. The van der Waals surface area contributed by atoms with Gasteiger partial charge < -0.3 is 19.5 Å². The average Bonchev–Trinajstić information content (AvgIpc) is 3.19. The number of ether oxygens (including phenoxy) is 2. The Hall–Kier alpha value is -3.17. The van der Waals surface area contributed by atoms with Crippen LogP contribution < -0.4 is 4.74 Å². The Bertz CT molecular complexity index is 1100. The largest absolute Gasteiger partial charge is 0.488 e. The number of aryl methyl sites for hydroxylation is 2. The first-order chi connectivity index (χ1) is 16.3. The van der Waals surface area contributed by atoms with Crippen LogP contribution in [-0.2, 0) is 23.2 Å². The number of carboxylic acids is 1. The first-order valence-electron chi connectivity index (χ1n) is 12.0. The first-order valence-corrected chi connectivity index (χ1v) is 12.0. The summed E-state index contributed by atoms with van der Waals surface area (Å²) in [5.41, 5.74) is 2.53. The lowest BCUT2D eigenvalue weighted by molar-refractivity contribution is -0.139. The van der Waals surface area contributed by atoms with E-state index in [1.54, 1.807) is 23.7 Å². The van der Waals surface area contributed by atoms with Crippen molar-refractivity contribution < 1.29 is 24.2 Å². The van der Waals surface area contributed by atoms with Gasteiger partial charge in [-0.3, -0.25) is 4.79 Å². The molecule has 3 aliphatic rings. The molecule has 0 aliphatic heterocycles. The summed E-state index contributed by atoms with van der Waals surface area (Å²) in [6.07, 6.45) is 4.89. The van der Waals surface area contributed by atoms with Crippen LogP contribution in [0.25, 0.3) is 11.4 Å². The van der Waals surface area contributed by atoms with Crippen LogP contribution in [0.2, 0.25) is 0 Å². The number of pyridine rings is 1. The van der Waals surface area contributed by atoms with Crippen LogP contribution in [0.4, 0.5) is 4.79 Å².